The van der Waals surface area contributed by atoms with Crippen molar-refractivity contribution in [3.63, 3.8) is 0 Å². The molecule has 0 spiro atoms. The molecular formula is C16H12BrNO3. The maximum absolute atomic E-state index is 12.6. The highest BCUT2D eigenvalue weighted by atomic mass is 79.9. The Hall–Kier alpha value is -2.14. The third-order valence-corrected chi connectivity index (χ3v) is 3.97. The van der Waals surface area contributed by atoms with Crippen LogP contribution in [0.2, 0.25) is 0 Å². The number of carbonyl (C=O) groups is 1. The molecule has 21 heavy (non-hydrogen) atoms. The van der Waals surface area contributed by atoms with E-state index in [2.05, 4.69) is 15.9 Å². The van der Waals surface area contributed by atoms with Gasteiger partial charge in [0.2, 0.25) is 0 Å². The maximum Gasteiger partial charge on any atom is 0.323 e. The molecule has 0 aliphatic heterocycles. The highest BCUT2D eigenvalue weighted by Crippen LogP contribution is 2.23. The summed E-state index contributed by atoms with van der Waals surface area (Å²) in [4.78, 5) is 23.8. The SMILES string of the molecule is Cc1ccc2c(=O)c3ccc(Br)cc3n(CC(=O)O)c2c1. The Labute approximate surface area is 128 Å². The lowest BCUT2D eigenvalue weighted by Crippen LogP contribution is -2.16. The van der Waals surface area contributed by atoms with Crippen LogP contribution in [-0.2, 0) is 11.3 Å². The fraction of sp³-hybridized carbons (Fsp3) is 0.125. The predicted molar refractivity (Wildman–Crippen MR) is 85.8 cm³/mol. The molecule has 0 bridgehead atoms. The number of halogens is 1. The van der Waals surface area contributed by atoms with E-state index in [9.17, 15) is 14.7 Å². The first-order valence-electron chi connectivity index (χ1n) is 6.41. The van der Waals surface area contributed by atoms with Gasteiger partial charge in [-0.15, -0.1) is 0 Å². The van der Waals surface area contributed by atoms with E-state index >= 15 is 0 Å². The molecule has 0 aliphatic carbocycles. The number of carboxylic acids is 1. The zero-order chi connectivity index (χ0) is 15.1. The Balaban J connectivity index is 2.58. The first-order chi connectivity index (χ1) is 9.97. The Morgan fingerprint density at radius 1 is 1.14 bits per heavy atom. The lowest BCUT2D eigenvalue weighted by atomic mass is 10.1. The Morgan fingerprint density at radius 2 is 1.76 bits per heavy atom. The quantitative estimate of drug-likeness (QED) is 0.725. The molecule has 4 nitrogen and oxygen atoms in total. The number of nitrogens with zero attached hydrogens (tertiary/aromatic N) is 1. The van der Waals surface area contributed by atoms with E-state index in [1.165, 1.54) is 0 Å². The number of aromatic nitrogens is 1. The minimum atomic E-state index is -0.942. The van der Waals surface area contributed by atoms with Gasteiger partial charge in [0, 0.05) is 15.2 Å². The highest BCUT2D eigenvalue weighted by molar-refractivity contribution is 9.10. The molecule has 0 fully saturated rings. The molecule has 106 valence electrons. The standard InChI is InChI=1S/C16H12BrNO3/c1-9-2-4-11-13(6-9)18(8-15(19)20)14-7-10(17)3-5-12(14)16(11)21/h2-7H,8H2,1H3,(H,19,20). The van der Waals surface area contributed by atoms with Crippen molar-refractivity contribution in [3.8, 4) is 0 Å². The third-order valence-electron chi connectivity index (χ3n) is 3.48. The number of pyridine rings is 1. The number of fused-ring (bicyclic) bond motifs is 2. The van der Waals surface area contributed by atoms with Crippen LogP contribution in [0.15, 0.2) is 45.7 Å². The van der Waals surface area contributed by atoms with Crippen LogP contribution in [0.4, 0.5) is 0 Å². The monoisotopic (exact) mass is 345 g/mol. The molecule has 3 rings (SSSR count). The van der Waals surface area contributed by atoms with Crippen LogP contribution in [-0.4, -0.2) is 15.6 Å². The van der Waals surface area contributed by atoms with Crippen molar-refractivity contribution in [3.05, 3.63) is 56.7 Å². The first kappa shape index (κ1) is 13.8. The molecule has 0 amide bonds. The number of aliphatic carboxylic acids is 1. The number of aryl methyl sites for hydroxylation is 1. The molecule has 2 aromatic carbocycles. The molecule has 0 aliphatic rings. The zero-order valence-corrected chi connectivity index (χ0v) is 12.8. The minimum Gasteiger partial charge on any atom is -0.480 e. The largest absolute Gasteiger partial charge is 0.480 e. The lowest BCUT2D eigenvalue weighted by Gasteiger charge is -2.14. The molecular weight excluding hydrogens is 334 g/mol. The second-order valence-corrected chi connectivity index (χ2v) is 5.91. The predicted octanol–water partition coefficient (Wildman–Crippen LogP) is 3.31. The van der Waals surface area contributed by atoms with Crippen molar-refractivity contribution in [2.75, 3.05) is 0 Å². The van der Waals surface area contributed by atoms with Gasteiger partial charge in [-0.1, -0.05) is 22.0 Å². The van der Waals surface area contributed by atoms with E-state index in [-0.39, 0.29) is 12.0 Å². The van der Waals surface area contributed by atoms with Gasteiger partial charge in [0.1, 0.15) is 6.54 Å². The summed E-state index contributed by atoms with van der Waals surface area (Å²) in [7, 11) is 0. The Bertz CT molecular complexity index is 878. The second kappa shape index (κ2) is 5.00. The smallest absolute Gasteiger partial charge is 0.323 e. The number of benzene rings is 2. The fourth-order valence-corrected chi connectivity index (χ4v) is 2.91. The molecule has 1 aromatic heterocycles. The van der Waals surface area contributed by atoms with Crippen molar-refractivity contribution in [1.82, 2.24) is 4.57 Å². The highest BCUT2D eigenvalue weighted by Gasteiger charge is 2.13. The number of carboxylic acid groups (broad SMARTS) is 1. The van der Waals surface area contributed by atoms with E-state index in [0.717, 1.165) is 10.0 Å². The van der Waals surface area contributed by atoms with Crippen molar-refractivity contribution in [2.45, 2.75) is 13.5 Å². The normalized spacial score (nSPS) is 11.1. The average Bonchev–Trinajstić information content (AvgIpc) is 2.42. The lowest BCUT2D eigenvalue weighted by molar-refractivity contribution is -0.137. The van der Waals surface area contributed by atoms with Crippen LogP contribution in [0.3, 0.4) is 0 Å². The van der Waals surface area contributed by atoms with Crippen LogP contribution in [0, 0.1) is 6.92 Å². The summed E-state index contributed by atoms with van der Waals surface area (Å²) in [5.41, 5.74) is 2.17. The van der Waals surface area contributed by atoms with Gasteiger partial charge in [0.25, 0.3) is 0 Å². The van der Waals surface area contributed by atoms with Gasteiger partial charge in [-0.2, -0.15) is 0 Å². The van der Waals surface area contributed by atoms with E-state index in [1.807, 2.05) is 19.1 Å². The van der Waals surface area contributed by atoms with Gasteiger partial charge in [-0.3, -0.25) is 9.59 Å². The van der Waals surface area contributed by atoms with E-state index in [0.29, 0.717) is 21.8 Å². The molecule has 1 N–H and O–H groups in total. The Morgan fingerprint density at radius 3 is 2.43 bits per heavy atom. The van der Waals surface area contributed by atoms with Crippen LogP contribution in [0.1, 0.15) is 5.56 Å². The summed E-state index contributed by atoms with van der Waals surface area (Å²) in [5.74, 6) is -0.942. The van der Waals surface area contributed by atoms with E-state index in [1.54, 1.807) is 28.8 Å². The second-order valence-electron chi connectivity index (χ2n) is 4.99. The van der Waals surface area contributed by atoms with Gasteiger partial charge in [-0.05, 0) is 42.8 Å². The van der Waals surface area contributed by atoms with Gasteiger partial charge >= 0.3 is 5.97 Å². The molecule has 5 heteroatoms. The number of hydrogen-bond donors (Lipinski definition) is 1. The molecule has 0 atom stereocenters. The summed E-state index contributed by atoms with van der Waals surface area (Å²) in [6.45, 7) is 1.73. The molecule has 0 radical (unpaired) electrons. The summed E-state index contributed by atoms with van der Waals surface area (Å²) < 4.78 is 2.48. The van der Waals surface area contributed by atoms with Crippen LogP contribution in [0.5, 0.6) is 0 Å². The molecule has 0 saturated carbocycles. The van der Waals surface area contributed by atoms with Gasteiger partial charge in [-0.25, -0.2) is 0 Å². The van der Waals surface area contributed by atoms with Crippen molar-refractivity contribution in [1.29, 1.82) is 0 Å². The van der Waals surface area contributed by atoms with Crippen molar-refractivity contribution >= 4 is 43.7 Å². The van der Waals surface area contributed by atoms with Crippen LogP contribution < -0.4 is 5.43 Å². The molecule has 3 aromatic rings. The van der Waals surface area contributed by atoms with Gasteiger partial charge in [0.15, 0.2) is 5.43 Å². The summed E-state index contributed by atoms with van der Waals surface area (Å²) in [6, 6.07) is 10.8. The van der Waals surface area contributed by atoms with E-state index < -0.39 is 5.97 Å². The number of hydrogen-bond acceptors (Lipinski definition) is 2. The topological polar surface area (TPSA) is 59.3 Å². The summed E-state index contributed by atoms with van der Waals surface area (Å²) in [6.07, 6.45) is 0. The summed E-state index contributed by atoms with van der Waals surface area (Å²) >= 11 is 3.37. The van der Waals surface area contributed by atoms with Crippen molar-refractivity contribution in [2.24, 2.45) is 0 Å². The summed E-state index contributed by atoms with van der Waals surface area (Å²) in [5, 5.41) is 10.2. The van der Waals surface area contributed by atoms with Crippen molar-refractivity contribution < 1.29 is 9.90 Å². The Kier molecular flexibility index (Phi) is 3.29. The minimum absolute atomic E-state index is 0.0749. The first-order valence-corrected chi connectivity index (χ1v) is 7.21. The average molecular weight is 346 g/mol. The van der Waals surface area contributed by atoms with E-state index in [4.69, 9.17) is 0 Å². The number of rotatable bonds is 2. The van der Waals surface area contributed by atoms with Gasteiger partial charge < -0.3 is 9.67 Å². The van der Waals surface area contributed by atoms with Gasteiger partial charge in [0.05, 0.1) is 11.0 Å². The molecule has 1 heterocycles. The molecule has 0 unspecified atom stereocenters. The maximum atomic E-state index is 12.6. The zero-order valence-electron chi connectivity index (χ0n) is 11.3. The molecule has 0 saturated heterocycles. The van der Waals surface area contributed by atoms with Crippen LogP contribution >= 0.6 is 15.9 Å². The van der Waals surface area contributed by atoms with Crippen LogP contribution in [0.25, 0.3) is 21.8 Å². The third kappa shape index (κ3) is 2.34. The fourth-order valence-electron chi connectivity index (χ4n) is 2.56.